The van der Waals surface area contributed by atoms with Crippen molar-refractivity contribution in [1.29, 1.82) is 0 Å². The summed E-state index contributed by atoms with van der Waals surface area (Å²) in [6.45, 7) is 7.14. The molecule has 0 saturated heterocycles. The lowest BCUT2D eigenvalue weighted by Gasteiger charge is -2.46. The average molecular weight is 379 g/mol. The van der Waals surface area contributed by atoms with Gasteiger partial charge >= 0.3 is 0 Å². The van der Waals surface area contributed by atoms with Crippen LogP contribution in [-0.2, 0) is 15.4 Å². The molecule has 1 heterocycles. The SMILES string of the molecule is Cc1cc(S(=O)(=O)NCCNC2CC(C)(c3ccccc3)C2)c(C)s1. The van der Waals surface area contributed by atoms with Crippen LogP contribution in [-0.4, -0.2) is 27.5 Å². The van der Waals surface area contributed by atoms with Gasteiger partial charge < -0.3 is 5.32 Å². The maximum absolute atomic E-state index is 12.4. The van der Waals surface area contributed by atoms with E-state index in [0.29, 0.717) is 24.0 Å². The van der Waals surface area contributed by atoms with Gasteiger partial charge in [-0.15, -0.1) is 11.3 Å². The van der Waals surface area contributed by atoms with E-state index < -0.39 is 10.0 Å². The Morgan fingerprint density at radius 2 is 1.84 bits per heavy atom. The minimum atomic E-state index is -3.40. The predicted molar refractivity (Wildman–Crippen MR) is 104 cm³/mol. The Morgan fingerprint density at radius 1 is 1.16 bits per heavy atom. The van der Waals surface area contributed by atoms with Crippen molar-refractivity contribution in [2.45, 2.75) is 50.0 Å². The van der Waals surface area contributed by atoms with Gasteiger partial charge in [0.1, 0.15) is 0 Å². The van der Waals surface area contributed by atoms with Gasteiger partial charge in [-0.2, -0.15) is 0 Å². The number of hydrogen-bond acceptors (Lipinski definition) is 4. The summed E-state index contributed by atoms with van der Waals surface area (Å²) in [5, 5.41) is 3.46. The molecular formula is C19H26N2O2S2. The zero-order valence-electron chi connectivity index (χ0n) is 15.0. The number of rotatable bonds is 7. The number of thiophene rings is 1. The molecule has 6 heteroatoms. The summed E-state index contributed by atoms with van der Waals surface area (Å²) in [5.74, 6) is 0. The first kappa shape index (κ1) is 18.6. The van der Waals surface area contributed by atoms with Gasteiger partial charge in [0.05, 0.1) is 4.90 Å². The second-order valence-electron chi connectivity index (χ2n) is 7.16. The zero-order chi connectivity index (χ0) is 18.1. The van der Waals surface area contributed by atoms with E-state index in [1.54, 1.807) is 6.07 Å². The number of benzene rings is 1. The number of sulfonamides is 1. The molecule has 0 radical (unpaired) electrons. The van der Waals surface area contributed by atoms with Gasteiger partial charge in [-0.3, -0.25) is 0 Å². The first-order chi connectivity index (χ1) is 11.8. The van der Waals surface area contributed by atoms with E-state index in [1.165, 1.54) is 16.9 Å². The monoisotopic (exact) mass is 378 g/mol. The van der Waals surface area contributed by atoms with Crippen molar-refractivity contribution in [1.82, 2.24) is 10.0 Å². The number of aryl methyl sites for hydroxylation is 2. The highest BCUT2D eigenvalue weighted by Gasteiger charge is 2.40. The van der Waals surface area contributed by atoms with Crippen LogP contribution in [0.3, 0.4) is 0 Å². The molecule has 3 rings (SSSR count). The van der Waals surface area contributed by atoms with Gasteiger partial charge in [-0.05, 0) is 43.7 Å². The zero-order valence-corrected chi connectivity index (χ0v) is 16.6. The summed E-state index contributed by atoms with van der Waals surface area (Å²) < 4.78 is 27.4. The van der Waals surface area contributed by atoms with Gasteiger partial charge in [0, 0.05) is 28.9 Å². The quantitative estimate of drug-likeness (QED) is 0.727. The highest BCUT2D eigenvalue weighted by molar-refractivity contribution is 7.89. The summed E-state index contributed by atoms with van der Waals surface area (Å²) in [4.78, 5) is 2.27. The van der Waals surface area contributed by atoms with Crippen molar-refractivity contribution in [2.75, 3.05) is 13.1 Å². The second-order valence-corrected chi connectivity index (χ2v) is 10.4. The lowest BCUT2D eigenvalue weighted by atomic mass is 9.63. The minimum Gasteiger partial charge on any atom is -0.313 e. The third-order valence-electron chi connectivity index (χ3n) is 5.00. The molecule has 0 unspecified atom stereocenters. The van der Waals surface area contributed by atoms with E-state index >= 15 is 0 Å². The maximum Gasteiger partial charge on any atom is 0.241 e. The van der Waals surface area contributed by atoms with E-state index in [1.807, 2.05) is 19.9 Å². The Labute approximate surface area is 154 Å². The minimum absolute atomic E-state index is 0.240. The Morgan fingerprint density at radius 3 is 2.44 bits per heavy atom. The third-order valence-corrected chi connectivity index (χ3v) is 7.68. The van der Waals surface area contributed by atoms with Crippen molar-refractivity contribution in [3.05, 3.63) is 51.7 Å². The fraction of sp³-hybridized carbons (Fsp3) is 0.474. The van der Waals surface area contributed by atoms with Crippen molar-refractivity contribution in [3.8, 4) is 0 Å². The molecule has 2 N–H and O–H groups in total. The molecule has 1 aromatic carbocycles. The lowest BCUT2D eigenvalue weighted by Crippen LogP contribution is -2.51. The van der Waals surface area contributed by atoms with Crippen LogP contribution in [0.25, 0.3) is 0 Å². The molecule has 0 spiro atoms. The lowest BCUT2D eigenvalue weighted by molar-refractivity contribution is 0.191. The van der Waals surface area contributed by atoms with Gasteiger partial charge in [0.15, 0.2) is 0 Å². The molecule has 0 bridgehead atoms. The molecule has 1 fully saturated rings. The highest BCUT2D eigenvalue weighted by atomic mass is 32.2. The summed E-state index contributed by atoms with van der Waals surface area (Å²) in [6.07, 6.45) is 2.18. The molecule has 1 aromatic heterocycles. The summed E-state index contributed by atoms with van der Waals surface area (Å²) in [6, 6.07) is 12.8. The standard InChI is InChI=1S/C19H26N2O2S2/c1-14-11-18(15(2)24-14)25(22,23)21-10-9-20-17-12-19(3,13-17)16-7-5-4-6-8-16/h4-8,11,17,20-21H,9-10,12-13H2,1-3H3. The van der Waals surface area contributed by atoms with Crippen molar-refractivity contribution < 1.29 is 8.42 Å². The predicted octanol–water partition coefficient (Wildman–Crippen LogP) is 3.35. The number of nitrogens with one attached hydrogen (secondary N) is 2. The molecule has 0 aliphatic heterocycles. The molecule has 1 aliphatic rings. The van der Waals surface area contributed by atoms with Crippen LogP contribution in [0.4, 0.5) is 0 Å². The van der Waals surface area contributed by atoms with Gasteiger partial charge in [0.2, 0.25) is 10.0 Å². The molecule has 0 amide bonds. The van der Waals surface area contributed by atoms with Gasteiger partial charge in [-0.25, -0.2) is 13.1 Å². The van der Waals surface area contributed by atoms with E-state index in [2.05, 4.69) is 41.2 Å². The van der Waals surface area contributed by atoms with Crippen LogP contribution in [0.5, 0.6) is 0 Å². The fourth-order valence-corrected chi connectivity index (χ4v) is 6.25. The normalized spacial score (nSPS) is 23.4. The van der Waals surface area contributed by atoms with Crippen LogP contribution < -0.4 is 10.0 Å². The topological polar surface area (TPSA) is 58.2 Å². The smallest absolute Gasteiger partial charge is 0.241 e. The molecule has 4 nitrogen and oxygen atoms in total. The van der Waals surface area contributed by atoms with E-state index in [-0.39, 0.29) is 5.41 Å². The van der Waals surface area contributed by atoms with Crippen LogP contribution in [0.2, 0.25) is 0 Å². The van der Waals surface area contributed by atoms with E-state index in [4.69, 9.17) is 0 Å². The molecule has 1 saturated carbocycles. The summed E-state index contributed by atoms with van der Waals surface area (Å²) in [7, 11) is -3.40. The Balaban J connectivity index is 1.44. The maximum atomic E-state index is 12.4. The van der Waals surface area contributed by atoms with Crippen LogP contribution in [0.1, 0.15) is 35.1 Å². The first-order valence-corrected chi connectivity index (χ1v) is 11.0. The first-order valence-electron chi connectivity index (χ1n) is 8.66. The fourth-order valence-electron chi connectivity index (χ4n) is 3.66. The highest BCUT2D eigenvalue weighted by Crippen LogP contribution is 2.43. The van der Waals surface area contributed by atoms with Crippen molar-refractivity contribution in [2.24, 2.45) is 0 Å². The Bertz CT molecular complexity index is 822. The van der Waals surface area contributed by atoms with Gasteiger partial charge in [-0.1, -0.05) is 37.3 Å². The third kappa shape index (κ3) is 4.14. The molecule has 0 atom stereocenters. The van der Waals surface area contributed by atoms with E-state index in [9.17, 15) is 8.42 Å². The van der Waals surface area contributed by atoms with Crippen LogP contribution in [0, 0.1) is 13.8 Å². The van der Waals surface area contributed by atoms with Crippen molar-refractivity contribution in [3.63, 3.8) is 0 Å². The largest absolute Gasteiger partial charge is 0.313 e. The van der Waals surface area contributed by atoms with Crippen LogP contribution >= 0.6 is 11.3 Å². The molecule has 1 aliphatic carbocycles. The summed E-state index contributed by atoms with van der Waals surface area (Å²) in [5.41, 5.74) is 1.63. The second kappa shape index (κ2) is 7.19. The summed E-state index contributed by atoms with van der Waals surface area (Å²) >= 11 is 1.52. The molecule has 2 aromatic rings. The number of hydrogen-bond donors (Lipinski definition) is 2. The van der Waals surface area contributed by atoms with Crippen LogP contribution in [0.15, 0.2) is 41.3 Å². The van der Waals surface area contributed by atoms with Crippen molar-refractivity contribution >= 4 is 21.4 Å². The Hall–Kier alpha value is -1.21. The Kier molecular flexibility index (Phi) is 5.34. The van der Waals surface area contributed by atoms with E-state index in [0.717, 1.165) is 22.6 Å². The molecule has 25 heavy (non-hydrogen) atoms. The average Bonchev–Trinajstić information content (AvgIpc) is 2.89. The molecule has 136 valence electrons. The molecular weight excluding hydrogens is 352 g/mol. The van der Waals surface area contributed by atoms with Gasteiger partial charge in [0.25, 0.3) is 0 Å².